The maximum Gasteiger partial charge on any atom is 0.286 e. The minimum Gasteiger partial charge on any atom is -0.497 e. The van der Waals surface area contributed by atoms with E-state index >= 15 is 0 Å². The van der Waals surface area contributed by atoms with Gasteiger partial charge in [0, 0.05) is 31.9 Å². The number of fused-ring (bicyclic) bond motifs is 1. The lowest BCUT2D eigenvalue weighted by atomic mass is 10.2. The number of carbonyl (C=O) groups excluding carboxylic acids is 1. The highest BCUT2D eigenvalue weighted by atomic mass is 32.2. The molecule has 0 N–H and O–H groups in total. The molecule has 0 aliphatic carbocycles. The number of hydrogen-bond donors (Lipinski definition) is 0. The molecule has 0 unspecified atom stereocenters. The van der Waals surface area contributed by atoms with E-state index in [0.717, 1.165) is 48.4 Å². The maximum atomic E-state index is 12.4. The Kier molecular flexibility index (Phi) is 5.00. The molecule has 0 aromatic heterocycles. The highest BCUT2D eigenvalue weighted by Gasteiger charge is 2.28. The van der Waals surface area contributed by atoms with Crippen LogP contribution in [0.25, 0.3) is 6.08 Å². The van der Waals surface area contributed by atoms with Crippen LogP contribution in [0, 0.1) is 0 Å². The van der Waals surface area contributed by atoms with Crippen molar-refractivity contribution in [3.8, 4) is 17.2 Å². The van der Waals surface area contributed by atoms with Crippen LogP contribution in [0.3, 0.4) is 0 Å². The van der Waals surface area contributed by atoms with Crippen LogP contribution in [0.2, 0.25) is 0 Å². The van der Waals surface area contributed by atoms with Crippen molar-refractivity contribution in [1.82, 2.24) is 4.90 Å². The number of piperazine rings is 1. The van der Waals surface area contributed by atoms with Crippen LogP contribution in [0.15, 0.2) is 52.4 Å². The molecule has 8 heteroatoms. The Morgan fingerprint density at radius 1 is 1.00 bits per heavy atom. The highest BCUT2D eigenvalue weighted by molar-refractivity contribution is 8.18. The molecule has 0 saturated carbocycles. The predicted molar refractivity (Wildman–Crippen MR) is 117 cm³/mol. The van der Waals surface area contributed by atoms with Crippen LogP contribution < -0.4 is 19.1 Å². The van der Waals surface area contributed by atoms with Crippen LogP contribution in [-0.2, 0) is 4.79 Å². The molecule has 154 valence electrons. The first-order valence-corrected chi connectivity index (χ1v) is 10.6. The lowest BCUT2D eigenvalue weighted by Gasteiger charge is -2.36. The van der Waals surface area contributed by atoms with Gasteiger partial charge in [0.2, 0.25) is 6.79 Å². The van der Waals surface area contributed by atoms with Crippen LogP contribution in [-0.4, -0.2) is 56.1 Å². The summed E-state index contributed by atoms with van der Waals surface area (Å²) in [7, 11) is 1.67. The third-order valence-electron chi connectivity index (χ3n) is 5.29. The number of nitrogens with zero attached hydrogens (tertiary/aromatic N) is 3. The molecule has 5 rings (SSSR count). The maximum absolute atomic E-state index is 12.4. The normalized spacial score (nSPS) is 19.4. The average Bonchev–Trinajstić information content (AvgIpc) is 3.40. The summed E-state index contributed by atoms with van der Waals surface area (Å²) >= 11 is 1.44. The first-order chi connectivity index (χ1) is 14.7. The Morgan fingerprint density at radius 3 is 2.50 bits per heavy atom. The summed E-state index contributed by atoms with van der Waals surface area (Å²) in [5.74, 6) is 2.10. The van der Waals surface area contributed by atoms with E-state index in [-0.39, 0.29) is 12.7 Å². The first-order valence-electron chi connectivity index (χ1n) is 9.76. The van der Waals surface area contributed by atoms with E-state index in [0.29, 0.717) is 10.7 Å². The highest BCUT2D eigenvalue weighted by Crippen LogP contribution is 2.35. The quantitative estimate of drug-likeness (QED) is 0.703. The van der Waals surface area contributed by atoms with Crippen molar-refractivity contribution in [3.63, 3.8) is 0 Å². The van der Waals surface area contributed by atoms with Crippen molar-refractivity contribution in [1.29, 1.82) is 0 Å². The summed E-state index contributed by atoms with van der Waals surface area (Å²) in [6.07, 6.45) is 1.86. The molecular weight excluding hydrogens is 402 g/mol. The van der Waals surface area contributed by atoms with Crippen LogP contribution in [0.1, 0.15) is 5.56 Å². The third-order valence-corrected chi connectivity index (χ3v) is 6.34. The molecule has 1 saturated heterocycles. The van der Waals surface area contributed by atoms with Gasteiger partial charge < -0.3 is 24.0 Å². The number of methoxy groups -OCH3 is 1. The second kappa shape index (κ2) is 7.95. The topological polar surface area (TPSA) is 63.6 Å². The number of carbonyl (C=O) groups is 1. The van der Waals surface area contributed by atoms with E-state index in [9.17, 15) is 4.79 Å². The molecular formula is C22H21N3O4S. The number of aliphatic imine (C=N–C) groups is 1. The molecule has 2 aromatic rings. The van der Waals surface area contributed by atoms with Gasteiger partial charge in [-0.2, -0.15) is 4.99 Å². The molecule has 1 fully saturated rings. The van der Waals surface area contributed by atoms with Gasteiger partial charge in [0.15, 0.2) is 16.7 Å². The summed E-state index contributed by atoms with van der Waals surface area (Å²) in [5.41, 5.74) is 2.08. The average molecular weight is 423 g/mol. The van der Waals surface area contributed by atoms with E-state index in [1.807, 2.05) is 36.4 Å². The predicted octanol–water partition coefficient (Wildman–Crippen LogP) is 3.22. The number of anilines is 1. The molecule has 1 amide bonds. The fraction of sp³-hybridized carbons (Fsp3) is 0.273. The van der Waals surface area contributed by atoms with E-state index in [1.54, 1.807) is 7.11 Å². The number of amides is 1. The Balaban J connectivity index is 1.22. The van der Waals surface area contributed by atoms with Crippen LogP contribution in [0.5, 0.6) is 17.2 Å². The Bertz CT molecular complexity index is 1030. The molecule has 2 aromatic carbocycles. The van der Waals surface area contributed by atoms with Gasteiger partial charge in [-0.15, -0.1) is 0 Å². The van der Waals surface area contributed by atoms with Crippen molar-refractivity contribution in [2.24, 2.45) is 4.99 Å². The molecule has 3 aliphatic rings. The monoisotopic (exact) mass is 423 g/mol. The van der Waals surface area contributed by atoms with Gasteiger partial charge >= 0.3 is 0 Å². The summed E-state index contributed by atoms with van der Waals surface area (Å²) in [5, 5.41) is 0.779. The molecule has 7 nitrogen and oxygen atoms in total. The Morgan fingerprint density at radius 2 is 1.73 bits per heavy atom. The van der Waals surface area contributed by atoms with Gasteiger partial charge in [-0.25, -0.2) is 0 Å². The SMILES string of the molecule is COc1ccc(N2CCN(C3=NC(=O)/C(=C/c4ccc5c(c4)OCO5)S3)CC2)cc1. The minimum atomic E-state index is -0.190. The molecule has 3 aliphatic heterocycles. The van der Waals surface area contributed by atoms with E-state index in [1.165, 1.54) is 17.4 Å². The van der Waals surface area contributed by atoms with Crippen molar-refractivity contribution in [2.45, 2.75) is 0 Å². The van der Waals surface area contributed by atoms with Crippen LogP contribution in [0.4, 0.5) is 5.69 Å². The van der Waals surface area contributed by atoms with Gasteiger partial charge in [-0.3, -0.25) is 4.79 Å². The largest absolute Gasteiger partial charge is 0.497 e. The second-order valence-electron chi connectivity index (χ2n) is 7.10. The number of amidine groups is 1. The Labute approximate surface area is 178 Å². The first kappa shape index (κ1) is 18.9. The molecule has 0 atom stereocenters. The lowest BCUT2D eigenvalue weighted by molar-refractivity contribution is -0.113. The van der Waals surface area contributed by atoms with E-state index in [2.05, 4.69) is 26.9 Å². The van der Waals surface area contributed by atoms with Crippen LogP contribution >= 0.6 is 11.8 Å². The zero-order valence-corrected chi connectivity index (χ0v) is 17.4. The smallest absolute Gasteiger partial charge is 0.286 e. The molecule has 30 heavy (non-hydrogen) atoms. The van der Waals surface area contributed by atoms with Gasteiger partial charge in [0.05, 0.1) is 12.0 Å². The minimum absolute atomic E-state index is 0.190. The number of benzene rings is 2. The zero-order valence-electron chi connectivity index (χ0n) is 16.5. The fourth-order valence-corrected chi connectivity index (χ4v) is 4.60. The van der Waals surface area contributed by atoms with Crippen molar-refractivity contribution < 1.29 is 19.0 Å². The van der Waals surface area contributed by atoms with Crippen molar-refractivity contribution in [3.05, 3.63) is 52.9 Å². The number of hydrogen-bond acceptors (Lipinski definition) is 7. The van der Waals surface area contributed by atoms with Gasteiger partial charge in [-0.05, 0) is 59.8 Å². The van der Waals surface area contributed by atoms with Gasteiger partial charge in [0.1, 0.15) is 5.75 Å². The molecule has 0 spiro atoms. The van der Waals surface area contributed by atoms with E-state index < -0.39 is 0 Å². The summed E-state index contributed by atoms with van der Waals surface area (Å²) in [4.78, 5) is 21.9. The lowest BCUT2D eigenvalue weighted by Crippen LogP contribution is -2.47. The molecule has 3 heterocycles. The summed E-state index contributed by atoms with van der Waals surface area (Å²) in [6, 6.07) is 13.8. The number of thioether (sulfide) groups is 1. The van der Waals surface area contributed by atoms with Crippen molar-refractivity contribution in [2.75, 3.05) is 45.0 Å². The van der Waals surface area contributed by atoms with E-state index in [4.69, 9.17) is 14.2 Å². The molecule has 0 bridgehead atoms. The van der Waals surface area contributed by atoms with Crippen molar-refractivity contribution >= 4 is 34.6 Å². The van der Waals surface area contributed by atoms with Gasteiger partial charge in [-0.1, -0.05) is 6.07 Å². The van der Waals surface area contributed by atoms with Gasteiger partial charge in [0.25, 0.3) is 5.91 Å². The Hall–Kier alpha value is -3.13. The fourth-order valence-electron chi connectivity index (χ4n) is 3.64. The number of ether oxygens (including phenoxy) is 3. The standard InChI is InChI=1S/C22H21N3O4S/c1-27-17-5-3-16(4-6-17)24-8-10-25(11-9-24)22-23-21(26)20(30-22)13-15-2-7-18-19(12-15)29-14-28-18/h2-7,12-13H,8-11,14H2,1H3/b20-13-. The summed E-state index contributed by atoms with van der Waals surface area (Å²) < 4.78 is 16.0. The number of rotatable bonds is 3. The second-order valence-corrected chi connectivity index (χ2v) is 8.10. The third kappa shape index (κ3) is 3.70. The zero-order chi connectivity index (χ0) is 20.5. The molecule has 0 radical (unpaired) electrons. The summed E-state index contributed by atoms with van der Waals surface area (Å²) in [6.45, 7) is 3.63.